The Morgan fingerprint density at radius 1 is 1.12 bits per heavy atom. The number of amides is 1. The normalized spacial score (nSPS) is 24.3. The number of carbonyl (C=O) groups excluding carboxylic acids is 1. The molecule has 142 valence electrons. The second-order valence-electron chi connectivity index (χ2n) is 6.50. The van der Waals surface area contributed by atoms with Gasteiger partial charge in [0.2, 0.25) is 10.0 Å². The number of ether oxygens (including phenoxy) is 1. The zero-order chi connectivity index (χ0) is 18.7. The topological polar surface area (TPSA) is 113 Å². The van der Waals surface area contributed by atoms with Gasteiger partial charge in [0.15, 0.2) is 0 Å². The first-order valence-corrected chi connectivity index (χ1v) is 10.1. The van der Waals surface area contributed by atoms with Crippen LogP contribution in [0.3, 0.4) is 0 Å². The number of carboxylic acids is 1. The number of carbonyl (C=O) groups is 2. The Morgan fingerprint density at radius 3 is 2.38 bits per heavy atom. The van der Waals surface area contributed by atoms with E-state index >= 15 is 0 Å². The molecule has 0 unspecified atom stereocenters. The minimum absolute atomic E-state index is 0.125. The molecule has 1 saturated carbocycles. The molecule has 1 aromatic carbocycles. The van der Waals surface area contributed by atoms with Crippen molar-refractivity contribution in [2.75, 3.05) is 26.3 Å². The van der Waals surface area contributed by atoms with Gasteiger partial charge in [-0.15, -0.1) is 0 Å². The second kappa shape index (κ2) is 7.73. The van der Waals surface area contributed by atoms with Gasteiger partial charge in [0, 0.05) is 24.7 Å². The van der Waals surface area contributed by atoms with E-state index in [-0.39, 0.29) is 4.90 Å². The Hall–Kier alpha value is -1.97. The lowest BCUT2D eigenvalue weighted by atomic mass is 10.0. The molecule has 0 spiro atoms. The van der Waals surface area contributed by atoms with Gasteiger partial charge in [0.25, 0.3) is 5.91 Å². The number of rotatable bonds is 5. The highest BCUT2D eigenvalue weighted by Crippen LogP contribution is 2.26. The summed E-state index contributed by atoms with van der Waals surface area (Å²) in [5.41, 5.74) is 0.307. The van der Waals surface area contributed by atoms with Crippen molar-refractivity contribution in [3.05, 3.63) is 29.8 Å². The zero-order valence-electron chi connectivity index (χ0n) is 14.3. The van der Waals surface area contributed by atoms with Gasteiger partial charge in [-0.25, -0.2) is 8.42 Å². The summed E-state index contributed by atoms with van der Waals surface area (Å²) in [6.07, 6.45) is 1.95. The highest BCUT2D eigenvalue weighted by molar-refractivity contribution is 7.89. The van der Waals surface area contributed by atoms with Crippen LogP contribution in [0.4, 0.5) is 0 Å². The largest absolute Gasteiger partial charge is 0.481 e. The summed E-state index contributed by atoms with van der Waals surface area (Å²) in [7, 11) is -3.60. The first-order chi connectivity index (χ1) is 12.4. The monoisotopic (exact) mass is 382 g/mol. The van der Waals surface area contributed by atoms with Crippen molar-refractivity contribution in [2.45, 2.75) is 30.2 Å². The van der Waals surface area contributed by atoms with E-state index in [2.05, 4.69) is 5.32 Å². The van der Waals surface area contributed by atoms with Gasteiger partial charge in [-0.1, -0.05) is 6.42 Å². The van der Waals surface area contributed by atoms with Crippen LogP contribution in [0.1, 0.15) is 29.6 Å². The molecule has 0 bridgehead atoms. The van der Waals surface area contributed by atoms with Crippen molar-refractivity contribution in [2.24, 2.45) is 5.92 Å². The van der Waals surface area contributed by atoms with E-state index in [1.165, 1.54) is 28.6 Å². The van der Waals surface area contributed by atoms with Gasteiger partial charge in [0.05, 0.1) is 24.0 Å². The van der Waals surface area contributed by atoms with Crippen LogP contribution in [-0.2, 0) is 19.6 Å². The highest BCUT2D eigenvalue weighted by atomic mass is 32.2. The van der Waals surface area contributed by atoms with Gasteiger partial charge < -0.3 is 15.2 Å². The standard InChI is InChI=1S/C17H22N2O6S/c20-16(18-15-3-1-2-14(15)17(21)22)12-4-6-13(7-5-12)26(23,24)19-8-10-25-11-9-19/h4-7,14-15H,1-3,8-11H2,(H,18,20)(H,21,22)/t14-,15+/m1/s1. The van der Waals surface area contributed by atoms with Gasteiger partial charge in [-0.3, -0.25) is 9.59 Å². The van der Waals surface area contributed by atoms with Crippen molar-refractivity contribution in [3.63, 3.8) is 0 Å². The van der Waals surface area contributed by atoms with E-state index in [4.69, 9.17) is 4.74 Å². The molecule has 2 aliphatic rings. The van der Waals surface area contributed by atoms with Crippen molar-refractivity contribution in [3.8, 4) is 0 Å². The molecule has 2 N–H and O–H groups in total. The summed E-state index contributed by atoms with van der Waals surface area (Å²) in [5, 5.41) is 11.9. The van der Waals surface area contributed by atoms with Gasteiger partial charge in [0.1, 0.15) is 0 Å². The number of benzene rings is 1. The average Bonchev–Trinajstić information content (AvgIpc) is 3.11. The summed E-state index contributed by atoms with van der Waals surface area (Å²) in [5.74, 6) is -1.86. The van der Waals surface area contributed by atoms with Crippen LogP contribution in [0.2, 0.25) is 0 Å². The van der Waals surface area contributed by atoms with Crippen molar-refractivity contribution >= 4 is 21.9 Å². The van der Waals surface area contributed by atoms with Crippen molar-refractivity contribution in [1.29, 1.82) is 0 Å². The maximum Gasteiger partial charge on any atom is 0.308 e. The Kier molecular flexibility index (Phi) is 5.59. The number of sulfonamides is 1. The molecular weight excluding hydrogens is 360 g/mol. The van der Waals surface area contributed by atoms with Crippen molar-refractivity contribution in [1.82, 2.24) is 9.62 Å². The fourth-order valence-corrected chi connectivity index (χ4v) is 4.80. The SMILES string of the molecule is O=C(N[C@H]1CCC[C@H]1C(=O)O)c1ccc(S(=O)(=O)N2CCOCC2)cc1. The van der Waals surface area contributed by atoms with Crippen LogP contribution in [0.5, 0.6) is 0 Å². The third-order valence-corrected chi connectivity index (χ3v) is 6.79. The number of nitrogens with zero attached hydrogens (tertiary/aromatic N) is 1. The van der Waals surface area contributed by atoms with Crippen LogP contribution in [-0.4, -0.2) is 62.1 Å². The van der Waals surface area contributed by atoms with E-state index < -0.39 is 33.9 Å². The molecule has 8 nitrogen and oxygen atoms in total. The Morgan fingerprint density at radius 2 is 1.77 bits per heavy atom. The minimum Gasteiger partial charge on any atom is -0.481 e. The van der Waals surface area contributed by atoms with Crippen LogP contribution in [0.25, 0.3) is 0 Å². The molecule has 0 radical (unpaired) electrons. The van der Waals surface area contributed by atoms with Crippen molar-refractivity contribution < 1.29 is 27.9 Å². The van der Waals surface area contributed by atoms with E-state index in [1.54, 1.807) is 0 Å². The van der Waals surface area contributed by atoms with Crippen LogP contribution in [0, 0.1) is 5.92 Å². The molecule has 1 aromatic rings. The summed E-state index contributed by atoms with van der Waals surface area (Å²) < 4.78 is 31.7. The van der Waals surface area contributed by atoms with E-state index in [0.29, 0.717) is 44.7 Å². The molecule has 9 heteroatoms. The lowest BCUT2D eigenvalue weighted by Crippen LogP contribution is -2.41. The summed E-state index contributed by atoms with van der Waals surface area (Å²) in [6.45, 7) is 1.35. The summed E-state index contributed by atoms with van der Waals surface area (Å²) in [6, 6.07) is 5.32. The van der Waals surface area contributed by atoms with E-state index in [0.717, 1.165) is 6.42 Å². The fourth-order valence-electron chi connectivity index (χ4n) is 3.39. The minimum atomic E-state index is -3.60. The van der Waals surface area contributed by atoms with Gasteiger partial charge >= 0.3 is 5.97 Å². The molecule has 2 fully saturated rings. The maximum atomic E-state index is 12.6. The number of aliphatic carboxylic acids is 1. The molecule has 2 atom stereocenters. The average molecular weight is 382 g/mol. The zero-order valence-corrected chi connectivity index (χ0v) is 15.1. The Labute approximate surface area is 152 Å². The first kappa shape index (κ1) is 18.8. The lowest BCUT2D eigenvalue weighted by Gasteiger charge is -2.26. The summed E-state index contributed by atoms with van der Waals surface area (Å²) >= 11 is 0. The smallest absolute Gasteiger partial charge is 0.308 e. The second-order valence-corrected chi connectivity index (χ2v) is 8.43. The first-order valence-electron chi connectivity index (χ1n) is 8.61. The van der Waals surface area contributed by atoms with Crippen LogP contribution < -0.4 is 5.32 Å². The number of hydrogen-bond acceptors (Lipinski definition) is 5. The van der Waals surface area contributed by atoms with Gasteiger partial charge in [-0.2, -0.15) is 4.31 Å². The number of carboxylic acid groups (broad SMARTS) is 1. The Balaban J connectivity index is 1.69. The molecule has 26 heavy (non-hydrogen) atoms. The molecule has 3 rings (SSSR count). The predicted molar refractivity (Wildman–Crippen MR) is 92.3 cm³/mol. The quantitative estimate of drug-likeness (QED) is 0.775. The van der Waals surface area contributed by atoms with Gasteiger partial charge in [-0.05, 0) is 37.1 Å². The van der Waals surface area contributed by atoms with E-state index in [1.807, 2.05) is 0 Å². The van der Waals surface area contributed by atoms with Crippen LogP contribution in [0.15, 0.2) is 29.2 Å². The molecule has 1 aliphatic heterocycles. The predicted octanol–water partition coefficient (Wildman–Crippen LogP) is 0.691. The number of nitrogens with one attached hydrogen (secondary N) is 1. The number of morpholine rings is 1. The maximum absolute atomic E-state index is 12.6. The molecule has 1 aliphatic carbocycles. The Bertz CT molecular complexity index is 771. The van der Waals surface area contributed by atoms with E-state index in [9.17, 15) is 23.1 Å². The summed E-state index contributed by atoms with van der Waals surface area (Å²) in [4.78, 5) is 23.7. The lowest BCUT2D eigenvalue weighted by molar-refractivity contribution is -0.142. The molecule has 0 aromatic heterocycles. The molecule has 1 saturated heterocycles. The van der Waals surface area contributed by atoms with Crippen LogP contribution >= 0.6 is 0 Å². The third kappa shape index (κ3) is 3.89. The molecular formula is C17H22N2O6S. The molecule has 1 heterocycles. The fraction of sp³-hybridized carbons (Fsp3) is 0.529. The number of hydrogen-bond donors (Lipinski definition) is 2. The molecule has 1 amide bonds. The third-order valence-electron chi connectivity index (χ3n) is 4.87. The highest BCUT2D eigenvalue weighted by Gasteiger charge is 2.34.